The van der Waals surface area contributed by atoms with E-state index in [9.17, 15) is 0 Å². The monoisotopic (exact) mass is 464 g/mol. The molecule has 0 aliphatic heterocycles. The molecule has 0 amide bonds. The molecule has 98 valence electrons. The fourth-order valence-corrected chi connectivity index (χ4v) is 6.46. The van der Waals surface area contributed by atoms with Gasteiger partial charge in [-0.15, -0.1) is 0 Å². The van der Waals surface area contributed by atoms with Crippen LogP contribution in [0.15, 0.2) is 9.49 Å². The molecule has 0 fully saturated rings. The first-order chi connectivity index (χ1) is 6.66. The summed E-state index contributed by atoms with van der Waals surface area (Å²) in [5.74, 6) is 0. The Morgan fingerprint density at radius 2 is 0.750 bits per heavy atom. The summed E-state index contributed by atoms with van der Waals surface area (Å²) >= 11 is 55.4. The van der Waals surface area contributed by atoms with Crippen molar-refractivity contribution in [2.75, 3.05) is 0 Å². The van der Waals surface area contributed by atoms with Crippen molar-refractivity contribution in [2.45, 2.75) is 8.91 Å². The van der Waals surface area contributed by atoms with E-state index in [0.717, 1.165) is 0 Å². The number of nitrogens with zero attached hydrogens (tertiary/aromatic N) is 2. The van der Waals surface area contributed by atoms with Gasteiger partial charge in [-0.05, 0) is 67.4 Å². The lowest BCUT2D eigenvalue weighted by atomic mass is 10.6. The lowest BCUT2D eigenvalue weighted by Gasteiger charge is -2.27. The van der Waals surface area contributed by atoms with Crippen LogP contribution in [0.5, 0.6) is 0 Å². The Kier molecular flexibility index (Phi) is 7.77. The average molecular weight is 469 g/mol. The molecule has 0 heterocycles. The summed E-state index contributed by atoms with van der Waals surface area (Å²) in [5, 5.41) is -6.53. The van der Waals surface area contributed by atoms with Crippen LogP contribution in [0, 0.1) is 0 Å². The molecule has 0 aromatic heterocycles. The van der Waals surface area contributed by atoms with E-state index in [0.29, 0.717) is 0 Å². The number of rotatable bonds is 3. The largest absolute Gasteiger partial charge is 0.263 e. The van der Waals surface area contributed by atoms with Crippen molar-refractivity contribution >= 4 is 124 Å². The van der Waals surface area contributed by atoms with Gasteiger partial charge in [-0.2, -0.15) is 0 Å². The van der Waals surface area contributed by atoms with E-state index in [-0.39, 0.29) is 0 Å². The van der Waals surface area contributed by atoms with E-state index in [1.165, 1.54) is 0 Å². The molecule has 14 heteroatoms. The maximum Gasteiger partial charge on any atom is 0.263 e. The summed E-state index contributed by atoms with van der Waals surface area (Å²) in [6.45, 7) is 0. The highest BCUT2D eigenvalue weighted by Crippen LogP contribution is 2.71. The number of hydrogen-bond acceptors (Lipinski definition) is 2. The van der Waals surface area contributed by atoms with E-state index < -0.39 is 19.1 Å². The molecule has 16 heavy (non-hydrogen) atoms. The molecule has 0 saturated heterocycles. The zero-order valence-electron chi connectivity index (χ0n) is 6.57. The minimum atomic E-state index is -3.27. The predicted molar refractivity (Wildman–Crippen MR) is 82.7 cm³/mol. The summed E-state index contributed by atoms with van der Waals surface area (Å²) < 4.78 is 2.34. The van der Waals surface area contributed by atoms with Gasteiger partial charge in [-0.1, -0.05) is 46.4 Å². The predicted octanol–water partition coefficient (Wildman–Crippen LogP) is 8.57. The van der Waals surface area contributed by atoms with Crippen molar-refractivity contribution in [2.24, 2.45) is 9.49 Å². The van der Waals surface area contributed by atoms with Crippen molar-refractivity contribution in [3.8, 4) is 0 Å². The Morgan fingerprint density at radius 1 is 0.562 bits per heavy atom. The lowest BCUT2D eigenvalue weighted by molar-refractivity contribution is 0.724. The highest BCUT2D eigenvalue weighted by atomic mass is 36.1. The second kappa shape index (κ2) is 6.42. The van der Waals surface area contributed by atoms with Gasteiger partial charge in [0.25, 0.3) is 8.91 Å². The maximum absolute atomic E-state index is 5.68. The first-order valence-electron chi connectivity index (χ1n) is 2.87. The first-order valence-corrected chi connectivity index (χ1v) is 13.3. The van der Waals surface area contributed by atoms with Gasteiger partial charge in [0.15, 0.2) is 0 Å². The minimum Gasteiger partial charge on any atom is -0.217 e. The van der Waals surface area contributed by atoms with Gasteiger partial charge < -0.3 is 0 Å². The van der Waals surface area contributed by atoms with Crippen molar-refractivity contribution in [1.29, 1.82) is 0 Å². The summed E-state index contributed by atoms with van der Waals surface area (Å²) in [7, 11) is 0. The zero-order valence-corrected chi connectivity index (χ0v) is 15.9. The molecule has 0 unspecified atom stereocenters. The molecule has 2 nitrogen and oxygen atoms in total. The fraction of sp³-hybridized carbons (Fsp3) is 1.00. The normalized spacial score (nSPS) is 14.9. The molecule has 0 saturated carbocycles. The quantitative estimate of drug-likeness (QED) is 0.225. The molecule has 0 bridgehead atoms. The fourth-order valence-electron chi connectivity index (χ4n) is 0.405. The topological polar surface area (TPSA) is 24.7 Å². The van der Waals surface area contributed by atoms with E-state index in [1.54, 1.807) is 0 Å². The van der Waals surface area contributed by atoms with Crippen LogP contribution in [0.1, 0.15) is 0 Å². The van der Waals surface area contributed by atoms with Gasteiger partial charge in [0.1, 0.15) is 0 Å². The van der Waals surface area contributed by atoms with Crippen molar-refractivity contribution in [3.63, 3.8) is 0 Å². The molecular weight excluding hydrogens is 469 g/mol. The van der Waals surface area contributed by atoms with Gasteiger partial charge in [0.2, 0.25) is 10.2 Å². The van der Waals surface area contributed by atoms with Crippen molar-refractivity contribution in [3.05, 3.63) is 0 Å². The standard InChI is InChI=1S/C2Cl10N2P2/c3-1(4,13-15(7,8)9)2(5,6)14-16(10,11)12. The van der Waals surface area contributed by atoms with Crippen molar-refractivity contribution in [1.82, 2.24) is 0 Å². The van der Waals surface area contributed by atoms with Gasteiger partial charge in [-0.25, -0.2) is 9.49 Å². The Labute approximate surface area is 141 Å². The van der Waals surface area contributed by atoms with Crippen LogP contribution in [0.3, 0.4) is 0 Å². The summed E-state index contributed by atoms with van der Waals surface area (Å²) in [5.41, 5.74) is 0. The molecule has 0 spiro atoms. The summed E-state index contributed by atoms with van der Waals surface area (Å²) in [6, 6.07) is 0. The molecule has 0 N–H and O–H groups in total. The molecule has 0 aromatic carbocycles. The zero-order chi connectivity index (χ0) is 13.4. The molecule has 0 aromatic rings. The van der Waals surface area contributed by atoms with E-state index in [2.05, 4.69) is 9.49 Å². The molecular formula is C2Cl10N2P2. The first kappa shape index (κ1) is 19.4. The van der Waals surface area contributed by atoms with E-state index in [4.69, 9.17) is 114 Å². The van der Waals surface area contributed by atoms with Gasteiger partial charge in [0, 0.05) is 0 Å². The van der Waals surface area contributed by atoms with E-state index >= 15 is 0 Å². The molecule has 0 aliphatic rings. The van der Waals surface area contributed by atoms with E-state index in [1.807, 2.05) is 0 Å². The van der Waals surface area contributed by atoms with Crippen LogP contribution in [-0.2, 0) is 0 Å². The number of hydrogen-bond donors (Lipinski definition) is 0. The SMILES string of the molecule is ClC(Cl)(N=P(Cl)(Cl)Cl)C(Cl)(Cl)N=P(Cl)(Cl)Cl. The second-order valence-corrected chi connectivity index (χ2v) is 18.7. The van der Waals surface area contributed by atoms with Crippen LogP contribution in [0.25, 0.3) is 0 Å². The van der Waals surface area contributed by atoms with Gasteiger partial charge >= 0.3 is 0 Å². The third-order valence-corrected chi connectivity index (χ3v) is 5.54. The summed E-state index contributed by atoms with van der Waals surface area (Å²) in [6.07, 6.45) is 0. The minimum absolute atomic E-state index is 2.25. The lowest BCUT2D eigenvalue weighted by Crippen LogP contribution is -2.31. The van der Waals surface area contributed by atoms with Gasteiger partial charge in [-0.3, -0.25) is 0 Å². The molecule has 0 radical (unpaired) electrons. The van der Waals surface area contributed by atoms with Gasteiger partial charge in [0.05, 0.1) is 0 Å². The Balaban J connectivity index is 5.50. The second-order valence-electron chi connectivity index (χ2n) is 2.12. The van der Waals surface area contributed by atoms with Crippen LogP contribution >= 0.6 is 124 Å². The smallest absolute Gasteiger partial charge is 0.217 e. The Bertz CT molecular complexity index is 308. The average Bonchev–Trinajstić information content (AvgIpc) is 1.72. The molecule has 0 aliphatic carbocycles. The highest BCUT2D eigenvalue weighted by molar-refractivity contribution is 8.26. The van der Waals surface area contributed by atoms with Crippen LogP contribution in [-0.4, -0.2) is 8.91 Å². The highest BCUT2D eigenvalue weighted by Gasteiger charge is 2.50. The van der Waals surface area contributed by atoms with Crippen molar-refractivity contribution < 1.29 is 0 Å². The van der Waals surface area contributed by atoms with Crippen LogP contribution in [0.4, 0.5) is 0 Å². The number of alkyl halides is 4. The maximum atomic E-state index is 5.68. The molecule has 0 rings (SSSR count). The third kappa shape index (κ3) is 7.83. The van der Waals surface area contributed by atoms with Crippen LogP contribution in [0.2, 0.25) is 0 Å². The number of halogens is 10. The Morgan fingerprint density at radius 3 is 0.875 bits per heavy atom. The third-order valence-electron chi connectivity index (χ3n) is 0.840. The Hall–Kier alpha value is 3.36. The van der Waals surface area contributed by atoms with Crippen LogP contribution < -0.4 is 0 Å². The summed E-state index contributed by atoms with van der Waals surface area (Å²) in [4.78, 5) is 0. The molecule has 0 atom stereocenters.